The van der Waals surface area contributed by atoms with Gasteiger partial charge in [0.25, 0.3) is 0 Å². The lowest BCUT2D eigenvalue weighted by molar-refractivity contribution is -0.117. The molecule has 4 nitrogen and oxygen atoms in total. The van der Waals surface area contributed by atoms with E-state index in [9.17, 15) is 4.79 Å². The van der Waals surface area contributed by atoms with E-state index in [4.69, 9.17) is 0 Å². The molecule has 1 aliphatic rings. The molecule has 20 heavy (non-hydrogen) atoms. The minimum absolute atomic E-state index is 0.0283. The molecule has 1 unspecified atom stereocenters. The van der Waals surface area contributed by atoms with Gasteiger partial charge in [0.2, 0.25) is 5.91 Å². The van der Waals surface area contributed by atoms with Gasteiger partial charge in [0.15, 0.2) is 0 Å². The van der Waals surface area contributed by atoms with Crippen LogP contribution < -0.4 is 10.6 Å². The van der Waals surface area contributed by atoms with E-state index in [1.165, 1.54) is 5.56 Å². The summed E-state index contributed by atoms with van der Waals surface area (Å²) in [6.45, 7) is 1.47. The van der Waals surface area contributed by atoms with E-state index in [-0.39, 0.29) is 11.8 Å². The summed E-state index contributed by atoms with van der Waals surface area (Å²) in [5.74, 6) is 0.367. The Hall–Kier alpha value is -1.72. The van der Waals surface area contributed by atoms with Crippen molar-refractivity contribution in [2.24, 2.45) is 0 Å². The number of amides is 1. The van der Waals surface area contributed by atoms with Crippen molar-refractivity contribution in [1.29, 1.82) is 0 Å². The van der Waals surface area contributed by atoms with E-state index in [2.05, 4.69) is 37.6 Å². The van der Waals surface area contributed by atoms with E-state index in [1.807, 2.05) is 24.3 Å². The molecule has 0 spiro atoms. The molecule has 1 aromatic carbocycles. The molecular formula is C15H14BrN3O. The Bertz CT molecular complexity index is 627. The number of nitrogens with zero attached hydrogens (tertiary/aromatic N) is 1. The number of nitrogens with one attached hydrogen (secondary N) is 2. The summed E-state index contributed by atoms with van der Waals surface area (Å²) in [6, 6.07) is 11.7. The lowest BCUT2D eigenvalue weighted by Crippen LogP contribution is -2.35. The number of rotatable bonds is 2. The van der Waals surface area contributed by atoms with Crippen LogP contribution in [0, 0.1) is 0 Å². The second kappa shape index (κ2) is 5.73. The lowest BCUT2D eigenvalue weighted by atomic mass is 9.90. The number of aromatic nitrogens is 1. The van der Waals surface area contributed by atoms with E-state index < -0.39 is 0 Å². The fourth-order valence-corrected chi connectivity index (χ4v) is 2.63. The first-order valence-electron chi connectivity index (χ1n) is 6.45. The summed E-state index contributed by atoms with van der Waals surface area (Å²) in [5.41, 5.74) is 2.28. The van der Waals surface area contributed by atoms with Crippen molar-refractivity contribution < 1.29 is 4.79 Å². The van der Waals surface area contributed by atoms with Gasteiger partial charge in [0.1, 0.15) is 5.82 Å². The molecule has 0 radical (unpaired) electrons. The summed E-state index contributed by atoms with van der Waals surface area (Å²) in [6.07, 6.45) is 1.67. The van der Waals surface area contributed by atoms with Crippen molar-refractivity contribution in [3.05, 3.63) is 58.2 Å². The van der Waals surface area contributed by atoms with Crippen LogP contribution in [0.1, 0.15) is 17.0 Å². The first-order chi connectivity index (χ1) is 9.74. The standard InChI is InChI=1S/C15H14BrN3O/c16-11-5-6-14(18-8-11)19-15(20)13-9-17-7-10-3-1-2-4-12(10)13/h1-6,8,13,17H,7,9H2,(H,18,19,20). The summed E-state index contributed by atoms with van der Waals surface area (Å²) < 4.78 is 0.889. The normalized spacial score (nSPS) is 17.4. The van der Waals surface area contributed by atoms with E-state index in [1.54, 1.807) is 12.3 Å². The Labute approximate surface area is 125 Å². The lowest BCUT2D eigenvalue weighted by Gasteiger charge is -2.25. The third kappa shape index (κ3) is 2.73. The third-order valence-corrected chi connectivity index (χ3v) is 3.86. The van der Waals surface area contributed by atoms with Crippen LogP contribution in [0.3, 0.4) is 0 Å². The van der Waals surface area contributed by atoms with Gasteiger partial charge in [-0.1, -0.05) is 24.3 Å². The number of anilines is 1. The Morgan fingerprint density at radius 1 is 1.30 bits per heavy atom. The molecule has 0 bridgehead atoms. The minimum atomic E-state index is -0.176. The minimum Gasteiger partial charge on any atom is -0.312 e. The zero-order chi connectivity index (χ0) is 13.9. The molecule has 2 N–H and O–H groups in total. The van der Waals surface area contributed by atoms with Gasteiger partial charge in [-0.15, -0.1) is 0 Å². The summed E-state index contributed by atoms with van der Waals surface area (Å²) in [7, 11) is 0. The molecule has 1 amide bonds. The maximum absolute atomic E-state index is 12.4. The number of carbonyl (C=O) groups is 1. The fourth-order valence-electron chi connectivity index (χ4n) is 2.39. The highest BCUT2D eigenvalue weighted by atomic mass is 79.9. The van der Waals surface area contributed by atoms with Gasteiger partial charge < -0.3 is 10.6 Å². The van der Waals surface area contributed by atoms with E-state index >= 15 is 0 Å². The van der Waals surface area contributed by atoms with Gasteiger partial charge in [-0.05, 0) is 39.2 Å². The predicted octanol–water partition coefficient (Wildman–Crippen LogP) is 2.67. The van der Waals surface area contributed by atoms with Crippen molar-refractivity contribution in [2.75, 3.05) is 11.9 Å². The van der Waals surface area contributed by atoms with Crippen LogP contribution in [0.4, 0.5) is 5.82 Å². The second-order valence-corrected chi connectivity index (χ2v) is 5.65. The van der Waals surface area contributed by atoms with Crippen molar-refractivity contribution in [2.45, 2.75) is 12.5 Å². The summed E-state index contributed by atoms with van der Waals surface area (Å²) in [5, 5.41) is 6.15. The highest BCUT2D eigenvalue weighted by Gasteiger charge is 2.26. The first-order valence-corrected chi connectivity index (χ1v) is 7.24. The molecule has 102 valence electrons. The fraction of sp³-hybridized carbons (Fsp3) is 0.200. The van der Waals surface area contributed by atoms with Gasteiger partial charge >= 0.3 is 0 Å². The summed E-state index contributed by atoms with van der Waals surface area (Å²) >= 11 is 3.32. The molecule has 0 aliphatic carbocycles. The molecule has 1 atom stereocenters. The number of carbonyl (C=O) groups excluding carboxylic acids is 1. The number of benzene rings is 1. The van der Waals surface area contributed by atoms with Crippen LogP contribution >= 0.6 is 15.9 Å². The molecular weight excluding hydrogens is 318 g/mol. The maximum atomic E-state index is 12.4. The first kappa shape index (κ1) is 13.3. The molecule has 3 rings (SSSR count). The van der Waals surface area contributed by atoms with E-state index in [0.29, 0.717) is 12.4 Å². The quantitative estimate of drug-likeness (QED) is 0.889. The average molecular weight is 332 g/mol. The number of pyridine rings is 1. The van der Waals surface area contributed by atoms with Crippen molar-refractivity contribution >= 4 is 27.7 Å². The topological polar surface area (TPSA) is 54.0 Å². The highest BCUT2D eigenvalue weighted by Crippen LogP contribution is 2.25. The predicted molar refractivity (Wildman–Crippen MR) is 81.5 cm³/mol. The Balaban J connectivity index is 1.80. The largest absolute Gasteiger partial charge is 0.312 e. The zero-order valence-corrected chi connectivity index (χ0v) is 12.4. The van der Waals surface area contributed by atoms with E-state index in [0.717, 1.165) is 16.6 Å². The van der Waals surface area contributed by atoms with Crippen LogP contribution in [0.2, 0.25) is 0 Å². The number of fused-ring (bicyclic) bond motifs is 1. The molecule has 2 heterocycles. The Morgan fingerprint density at radius 3 is 2.95 bits per heavy atom. The van der Waals surface area contributed by atoms with Crippen molar-refractivity contribution in [1.82, 2.24) is 10.3 Å². The average Bonchev–Trinajstić information content (AvgIpc) is 2.49. The maximum Gasteiger partial charge on any atom is 0.234 e. The summed E-state index contributed by atoms with van der Waals surface area (Å²) in [4.78, 5) is 16.6. The Morgan fingerprint density at radius 2 is 2.15 bits per heavy atom. The van der Waals surface area contributed by atoms with Crippen molar-refractivity contribution in [3.8, 4) is 0 Å². The van der Waals surface area contributed by atoms with Gasteiger partial charge in [-0.25, -0.2) is 4.98 Å². The molecule has 0 saturated heterocycles. The molecule has 1 aliphatic heterocycles. The van der Waals surface area contributed by atoms with Crippen LogP contribution in [-0.2, 0) is 11.3 Å². The molecule has 5 heteroatoms. The smallest absolute Gasteiger partial charge is 0.234 e. The number of hydrogen-bond donors (Lipinski definition) is 2. The van der Waals surface area contributed by atoms with Gasteiger partial charge in [0.05, 0.1) is 5.92 Å². The van der Waals surface area contributed by atoms with Crippen LogP contribution in [0.25, 0.3) is 0 Å². The second-order valence-electron chi connectivity index (χ2n) is 4.73. The molecule has 0 saturated carbocycles. The van der Waals surface area contributed by atoms with Crippen molar-refractivity contribution in [3.63, 3.8) is 0 Å². The monoisotopic (exact) mass is 331 g/mol. The number of hydrogen-bond acceptors (Lipinski definition) is 3. The van der Waals surface area contributed by atoms with Crippen LogP contribution in [0.5, 0.6) is 0 Å². The third-order valence-electron chi connectivity index (χ3n) is 3.39. The SMILES string of the molecule is O=C(Nc1ccc(Br)cn1)C1CNCc2ccccc21. The van der Waals surface area contributed by atoms with Gasteiger partial charge in [0, 0.05) is 23.8 Å². The Kier molecular flexibility index (Phi) is 3.80. The molecule has 0 fully saturated rings. The van der Waals surface area contributed by atoms with Crippen LogP contribution in [-0.4, -0.2) is 17.4 Å². The molecule has 1 aromatic heterocycles. The zero-order valence-electron chi connectivity index (χ0n) is 10.8. The van der Waals surface area contributed by atoms with Crippen LogP contribution in [0.15, 0.2) is 47.1 Å². The van der Waals surface area contributed by atoms with Gasteiger partial charge in [-0.3, -0.25) is 4.79 Å². The molecule has 2 aromatic rings. The van der Waals surface area contributed by atoms with Gasteiger partial charge in [-0.2, -0.15) is 0 Å². The number of halogens is 1. The highest BCUT2D eigenvalue weighted by molar-refractivity contribution is 9.10.